The van der Waals surface area contributed by atoms with Crippen LogP contribution in [0.5, 0.6) is 0 Å². The van der Waals surface area contributed by atoms with Crippen molar-refractivity contribution >= 4 is 142 Å². The Morgan fingerprint density at radius 2 is 1.00 bits per heavy atom. The molecule has 0 radical (unpaired) electrons. The summed E-state index contributed by atoms with van der Waals surface area (Å²) >= 11 is 0. The summed E-state index contributed by atoms with van der Waals surface area (Å²) < 4.78 is 11.0. The number of cyclic esters (lactones) is 1. The quantitative estimate of drug-likeness (QED) is 0.0273. The number of esters is 1. The van der Waals surface area contributed by atoms with Gasteiger partial charge in [-0.3, -0.25) is 110 Å². The van der Waals surface area contributed by atoms with Crippen molar-refractivity contribution in [2.24, 2.45) is 64.2 Å². The summed E-state index contributed by atoms with van der Waals surface area (Å²) in [5.41, 5.74) is 28.5. The number of fused-ring (bicyclic) bond motifs is 1. The van der Waals surface area contributed by atoms with Crippen molar-refractivity contribution in [2.45, 2.75) is 284 Å². The number of hydrogen-bond acceptors (Lipinski definition) is 26. The van der Waals surface area contributed by atoms with Crippen LogP contribution in [0.2, 0.25) is 0 Å². The number of methoxy groups -OCH3 is 1. The first-order chi connectivity index (χ1) is 65.5. The van der Waals surface area contributed by atoms with Crippen LogP contribution in [-0.2, 0) is 131 Å². The van der Waals surface area contributed by atoms with Crippen molar-refractivity contribution < 1.29 is 125 Å². The lowest BCUT2D eigenvalue weighted by atomic mass is 9.92. The summed E-state index contributed by atoms with van der Waals surface area (Å²) in [7, 11) is 9.63. The zero-order valence-electron chi connectivity index (χ0n) is 85.0. The molecule has 1 fully saturated rings. The number of hydrogen-bond donors (Lipinski definition) is 16. The Labute approximate surface area is 820 Å². The molecule has 2 aliphatic heterocycles. The Balaban J connectivity index is 2.30. The Bertz CT molecular complexity index is 4780. The molecule has 49 heteroatoms. The fourth-order valence-corrected chi connectivity index (χ4v) is 16.3. The molecule has 0 spiro atoms. The highest BCUT2D eigenvalue weighted by Crippen LogP contribution is 2.28. The van der Waals surface area contributed by atoms with E-state index in [9.17, 15) is 76.7 Å². The van der Waals surface area contributed by atoms with Gasteiger partial charge in [-0.1, -0.05) is 133 Å². The molecular weight excluding hydrogens is 1840 g/mol. The van der Waals surface area contributed by atoms with E-state index in [0.29, 0.717) is 10.5 Å². The van der Waals surface area contributed by atoms with Crippen LogP contribution in [-0.4, -0.2) is 349 Å². The van der Waals surface area contributed by atoms with E-state index < -0.39 is 332 Å². The van der Waals surface area contributed by atoms with E-state index in [1.807, 2.05) is 0 Å². The van der Waals surface area contributed by atoms with Gasteiger partial charge < -0.3 is 131 Å². The SMILES string of the molecule is CC[C@@H](C)[C@@H](C(=O)N(C)[C@H](C(=O)N(C)[C@@H](CC(C)C)C(=O)N[C@@H](CC(N)=O)C(=O)NC1C(=O)N[C@@H](CC(N)=O)C(=O)N(C)CC(=O)N[C@@H](CC(N)=O)C(=O)N[C@@H](C)C(=O)N[C@H]([C@H](C)CC)C(=O)N[C@H]2CC(=O)NC2=C(C)C(=O)N[C@@H](CC(N)=O)C(=O)N[C@H](C)C(=O)N(C)[C@H]([C@@H](C)CC)C(=O)O[C@@H]1C)C(C)C)N(C)C(=O)[C@H](CC(N)=O)N(C)C(=O)[C@H](C(C)C)N(C)C(=O)[C@@H](Cc1ccccc1)NC(=O)COC. The van der Waals surface area contributed by atoms with Crippen molar-refractivity contribution in [1.29, 1.82) is 0 Å². The van der Waals surface area contributed by atoms with Crippen molar-refractivity contribution in [2.75, 3.05) is 69.6 Å². The summed E-state index contributed by atoms with van der Waals surface area (Å²) in [4.78, 5) is 348. The standard InChI is InChI=1S/C92H147N23O26/c1-25-46(10)70-83(130)102-54-39-67(121)106-71(54)49(13)77(124)103-56(36-63(94)117)80(127)99-51(15)85(132)115(23)76(48(12)27-3)92(139)141-52(16)72(84(131)105-59(38-65(96)119)86(133)109(17)41-68(122)100-55(35-62(93)116)79(126)98-50(14)78(125)107-70)108-81(128)57(37-64(95)118)104-82(129)60(33-43(4)5)110(18)89(136)74(45(8)9)113(21)91(138)75(47(11)26-2)114(22)88(135)61(40-66(97)120)111(19)90(137)73(44(6)7)112(20)87(134)58(101-69(123)42-140-24)34-53-31-29-28-30-32-53/h28-32,43-48,50-52,54-61,70,72-76H,25-27,33-42H2,1-24H3,(H2,93,116)(H2,94,117)(H2,95,118)(H2,96,119)(H2,97,120)(H,98,126)(H,99,127)(H,100,122)(H,101,123)(H,102,130)(H,103,124)(H,104,129)(H,105,131)(H,106,121)(H,107,125)(H,108,128)/t46-,47-,48+,50+,51-,52-,54+,55+,56+,57+,58-,59+,60+,61+,70-,72?,73+,74+,75+,76-/m1/s1. The normalized spacial score (nSPS) is 22.1. The molecule has 0 aromatic heterocycles. The van der Waals surface area contributed by atoms with Crippen LogP contribution in [0.15, 0.2) is 41.6 Å². The molecule has 786 valence electrons. The minimum Gasteiger partial charge on any atom is -0.458 e. The van der Waals surface area contributed by atoms with Crippen LogP contribution in [0.1, 0.15) is 181 Å². The predicted molar refractivity (Wildman–Crippen MR) is 507 cm³/mol. The number of carbonyl (C=O) groups excluding carboxylic acids is 24. The molecule has 0 bridgehead atoms. The number of nitrogens with zero attached hydrogens (tertiary/aromatic N) is 7. The van der Waals surface area contributed by atoms with Gasteiger partial charge in [0.15, 0.2) is 0 Å². The number of benzene rings is 1. The Hall–Kier alpha value is -13.8. The third-order valence-corrected chi connectivity index (χ3v) is 24.8. The number of primary amides is 5. The molecule has 0 saturated carbocycles. The van der Waals surface area contributed by atoms with E-state index in [1.54, 1.807) is 106 Å². The molecule has 1 aromatic rings. The smallest absolute Gasteiger partial charge is 0.329 e. The van der Waals surface area contributed by atoms with Crippen molar-refractivity contribution in [3.63, 3.8) is 0 Å². The maximum atomic E-state index is 15.5. The molecule has 1 unspecified atom stereocenters. The number of nitrogens with two attached hydrogens (primary N) is 5. The third kappa shape index (κ3) is 35.2. The fourth-order valence-electron chi connectivity index (χ4n) is 16.3. The molecule has 3 rings (SSSR count). The minimum atomic E-state index is -2.38. The van der Waals surface area contributed by atoms with E-state index in [4.69, 9.17) is 38.1 Å². The van der Waals surface area contributed by atoms with Gasteiger partial charge in [-0.2, -0.15) is 0 Å². The van der Waals surface area contributed by atoms with Gasteiger partial charge in [0, 0.05) is 74.1 Å². The summed E-state index contributed by atoms with van der Waals surface area (Å²) in [6.45, 7) is 22.4. The molecule has 2 heterocycles. The molecule has 0 aliphatic carbocycles. The Morgan fingerprint density at radius 1 is 0.504 bits per heavy atom. The lowest BCUT2D eigenvalue weighted by Gasteiger charge is -2.42. The van der Waals surface area contributed by atoms with Crippen molar-refractivity contribution in [3.8, 4) is 0 Å². The van der Waals surface area contributed by atoms with Gasteiger partial charge in [0.2, 0.25) is 136 Å². The molecular formula is C92H147N23O26. The predicted octanol–water partition coefficient (Wildman–Crippen LogP) is -6.20. The second-order valence-corrected chi connectivity index (χ2v) is 37.3. The molecule has 1 aromatic carbocycles. The van der Waals surface area contributed by atoms with Crippen LogP contribution < -0.4 is 87.2 Å². The van der Waals surface area contributed by atoms with Crippen molar-refractivity contribution in [1.82, 2.24) is 92.8 Å². The van der Waals surface area contributed by atoms with Gasteiger partial charge in [-0.05, 0) is 75.2 Å². The van der Waals surface area contributed by atoms with Gasteiger partial charge in [0.1, 0.15) is 103 Å². The molecule has 49 nitrogen and oxygen atoms in total. The monoisotopic (exact) mass is 1990 g/mol. The van der Waals surface area contributed by atoms with Gasteiger partial charge >= 0.3 is 5.97 Å². The van der Waals surface area contributed by atoms with E-state index in [2.05, 4.69) is 58.5 Å². The number of amides is 23. The van der Waals surface area contributed by atoms with E-state index >= 15 is 38.4 Å². The highest BCUT2D eigenvalue weighted by Gasteiger charge is 2.49. The molecule has 20 atom stereocenters. The van der Waals surface area contributed by atoms with E-state index in [0.717, 1.165) is 64.3 Å². The Morgan fingerprint density at radius 3 is 1.50 bits per heavy atom. The highest BCUT2D eigenvalue weighted by molar-refractivity contribution is 6.05. The average molecular weight is 1990 g/mol. The topological polar surface area (TPSA) is 713 Å². The lowest BCUT2D eigenvalue weighted by Crippen LogP contribution is -2.63. The first-order valence-corrected chi connectivity index (χ1v) is 46.6. The second-order valence-electron chi connectivity index (χ2n) is 37.3. The van der Waals surface area contributed by atoms with Crippen LogP contribution in [0.4, 0.5) is 0 Å². The number of carbonyl (C=O) groups is 24. The number of rotatable bonds is 39. The second kappa shape index (κ2) is 55.9. The average Bonchev–Trinajstić information content (AvgIpc) is 1.44. The fraction of sp³-hybridized carbons (Fsp3) is 0.652. The third-order valence-electron chi connectivity index (χ3n) is 24.8. The maximum absolute atomic E-state index is 15.5. The van der Waals surface area contributed by atoms with E-state index in [-0.39, 0.29) is 43.4 Å². The maximum Gasteiger partial charge on any atom is 0.329 e. The number of ether oxygens (including phenoxy) is 2. The van der Waals surface area contributed by atoms with Crippen LogP contribution in [0.3, 0.4) is 0 Å². The summed E-state index contributed by atoms with van der Waals surface area (Å²) in [6, 6.07) is -18.5. The Kier molecular flexibility index (Phi) is 48.1. The van der Waals surface area contributed by atoms with Gasteiger partial charge in [0.25, 0.3) is 0 Å². The zero-order valence-corrected chi connectivity index (χ0v) is 85.0. The van der Waals surface area contributed by atoms with Crippen LogP contribution >= 0.6 is 0 Å². The summed E-state index contributed by atoms with van der Waals surface area (Å²) in [5, 5.41) is 26.6. The van der Waals surface area contributed by atoms with Crippen molar-refractivity contribution in [3.05, 3.63) is 47.2 Å². The molecule has 21 N–H and O–H groups in total. The van der Waals surface area contributed by atoms with Crippen LogP contribution in [0, 0.1) is 35.5 Å². The first-order valence-electron chi connectivity index (χ1n) is 46.6. The summed E-state index contributed by atoms with van der Waals surface area (Å²) in [5.74, 6) is -30.7. The molecule has 141 heavy (non-hydrogen) atoms. The first kappa shape index (κ1) is 121. The highest BCUT2D eigenvalue weighted by atomic mass is 16.5. The van der Waals surface area contributed by atoms with Crippen LogP contribution in [0.25, 0.3) is 0 Å². The zero-order chi connectivity index (χ0) is 108. The lowest BCUT2D eigenvalue weighted by molar-refractivity contribution is -0.163. The summed E-state index contributed by atoms with van der Waals surface area (Å²) in [6.07, 6.45) is -7.20. The van der Waals surface area contributed by atoms with E-state index in [1.165, 1.54) is 56.2 Å². The van der Waals surface area contributed by atoms with Gasteiger partial charge in [-0.25, -0.2) is 4.79 Å². The largest absolute Gasteiger partial charge is 0.458 e. The molecule has 1 saturated heterocycles. The molecule has 2 aliphatic rings. The number of likely N-dealkylation sites (N-methyl/N-ethyl adjacent to an activating group) is 7. The van der Waals surface area contributed by atoms with Gasteiger partial charge in [0.05, 0.1) is 51.1 Å². The molecule has 23 amide bonds. The number of nitrogens with one attached hydrogen (secondary N) is 11. The minimum absolute atomic E-state index is 0.00880. The van der Waals surface area contributed by atoms with Gasteiger partial charge in [-0.15, -0.1) is 0 Å².